The molecule has 4 rings (SSSR count). The van der Waals surface area contributed by atoms with Gasteiger partial charge in [0, 0.05) is 49.9 Å². The first-order valence-corrected chi connectivity index (χ1v) is 10.6. The van der Waals surface area contributed by atoms with Crippen molar-refractivity contribution < 1.29 is 9.53 Å². The molecule has 2 aromatic rings. The second kappa shape index (κ2) is 8.19. The SMILES string of the molecule is Cc1c(Nc2ccn(C)c(=O)c2)cccc1[C@]1(C)CC(=O)N(C2CCOCC2)C(=N)N1. The fraction of sp³-hybridized carbons (Fsp3) is 0.435. The molecular weight excluding hydrogens is 394 g/mol. The van der Waals surface area contributed by atoms with Gasteiger partial charge in [-0.3, -0.25) is 19.9 Å². The lowest BCUT2D eigenvalue weighted by atomic mass is 9.83. The van der Waals surface area contributed by atoms with Gasteiger partial charge in [0.2, 0.25) is 5.91 Å². The highest BCUT2D eigenvalue weighted by Gasteiger charge is 2.42. The van der Waals surface area contributed by atoms with Gasteiger partial charge >= 0.3 is 0 Å². The number of aryl methyl sites for hydroxylation is 1. The van der Waals surface area contributed by atoms with Gasteiger partial charge < -0.3 is 19.9 Å². The summed E-state index contributed by atoms with van der Waals surface area (Å²) in [7, 11) is 1.71. The number of anilines is 2. The maximum absolute atomic E-state index is 13.1. The molecular formula is C23H29N5O3. The number of guanidine groups is 1. The van der Waals surface area contributed by atoms with E-state index in [0.717, 1.165) is 29.7 Å². The molecule has 0 radical (unpaired) electrons. The van der Waals surface area contributed by atoms with E-state index in [-0.39, 0.29) is 29.9 Å². The molecule has 1 atom stereocenters. The van der Waals surface area contributed by atoms with Gasteiger partial charge in [0.15, 0.2) is 5.96 Å². The molecule has 0 saturated carbocycles. The van der Waals surface area contributed by atoms with Crippen molar-refractivity contribution in [3.8, 4) is 0 Å². The molecule has 3 heterocycles. The topological polar surface area (TPSA) is 99.5 Å². The van der Waals surface area contributed by atoms with E-state index in [9.17, 15) is 9.59 Å². The third-order valence-electron chi connectivity index (χ3n) is 6.28. The van der Waals surface area contributed by atoms with Gasteiger partial charge in [-0.05, 0) is 49.9 Å². The first-order valence-electron chi connectivity index (χ1n) is 10.6. The van der Waals surface area contributed by atoms with E-state index in [1.165, 1.54) is 4.57 Å². The normalized spacial score (nSPS) is 22.4. The quantitative estimate of drug-likeness (QED) is 0.702. The van der Waals surface area contributed by atoms with Crippen LogP contribution >= 0.6 is 0 Å². The van der Waals surface area contributed by atoms with Crippen LogP contribution in [0.25, 0.3) is 0 Å². The minimum atomic E-state index is -0.690. The number of carbonyl (C=O) groups is 1. The Morgan fingerprint density at radius 2 is 1.97 bits per heavy atom. The molecule has 3 N–H and O–H groups in total. The van der Waals surface area contributed by atoms with Crippen LogP contribution < -0.4 is 16.2 Å². The summed E-state index contributed by atoms with van der Waals surface area (Å²) in [6.45, 7) is 5.19. The highest BCUT2D eigenvalue weighted by molar-refractivity contribution is 5.99. The zero-order valence-corrected chi connectivity index (χ0v) is 18.2. The van der Waals surface area contributed by atoms with Crippen LogP contribution in [0.5, 0.6) is 0 Å². The molecule has 1 aromatic carbocycles. The van der Waals surface area contributed by atoms with Crippen molar-refractivity contribution in [3.05, 3.63) is 58.0 Å². The largest absolute Gasteiger partial charge is 0.381 e. The number of ether oxygens (including phenoxy) is 1. The Morgan fingerprint density at radius 3 is 2.65 bits per heavy atom. The summed E-state index contributed by atoms with van der Waals surface area (Å²) in [5, 5.41) is 15.2. The summed E-state index contributed by atoms with van der Waals surface area (Å²) in [5.41, 5.74) is 2.71. The Bertz CT molecular complexity index is 1050. The van der Waals surface area contributed by atoms with Crippen LogP contribution in [0.2, 0.25) is 0 Å². The fourth-order valence-electron chi connectivity index (χ4n) is 4.52. The first kappa shape index (κ1) is 21.1. The van der Waals surface area contributed by atoms with Crippen LogP contribution in [-0.4, -0.2) is 40.6 Å². The average molecular weight is 424 g/mol. The minimum Gasteiger partial charge on any atom is -0.381 e. The molecule has 1 amide bonds. The molecule has 2 fully saturated rings. The van der Waals surface area contributed by atoms with Crippen molar-refractivity contribution in [1.82, 2.24) is 14.8 Å². The number of pyridine rings is 1. The van der Waals surface area contributed by atoms with Gasteiger partial charge in [-0.15, -0.1) is 0 Å². The summed E-state index contributed by atoms with van der Waals surface area (Å²) in [4.78, 5) is 26.7. The van der Waals surface area contributed by atoms with E-state index < -0.39 is 5.54 Å². The number of nitrogens with one attached hydrogen (secondary N) is 3. The molecule has 1 aromatic heterocycles. The van der Waals surface area contributed by atoms with Crippen molar-refractivity contribution in [3.63, 3.8) is 0 Å². The Balaban J connectivity index is 1.59. The van der Waals surface area contributed by atoms with E-state index in [1.54, 1.807) is 24.2 Å². The van der Waals surface area contributed by atoms with Gasteiger partial charge in [0.1, 0.15) is 0 Å². The predicted octanol–water partition coefficient (Wildman–Crippen LogP) is 2.59. The standard InChI is InChI=1S/C23H29N5O3/c1-15-18(5-4-6-19(15)25-16-7-10-27(3)20(29)13-16)23(2)14-21(30)28(22(24)26-23)17-8-11-31-12-9-17/h4-7,10,13,17,25H,8-9,11-12,14H2,1-3H3,(H2,24,26)/t23-/m0/s1. The number of hydrogen-bond acceptors (Lipinski definition) is 5. The molecule has 8 heteroatoms. The van der Waals surface area contributed by atoms with Crippen molar-refractivity contribution >= 4 is 23.2 Å². The van der Waals surface area contributed by atoms with Crippen LogP contribution in [0.3, 0.4) is 0 Å². The van der Waals surface area contributed by atoms with E-state index in [0.29, 0.717) is 18.9 Å². The highest BCUT2D eigenvalue weighted by atomic mass is 16.5. The number of hydrogen-bond donors (Lipinski definition) is 3. The Labute approximate surface area is 181 Å². The maximum atomic E-state index is 13.1. The summed E-state index contributed by atoms with van der Waals surface area (Å²) in [6, 6.07) is 9.28. The van der Waals surface area contributed by atoms with Crippen LogP contribution in [0.4, 0.5) is 11.4 Å². The highest BCUT2D eigenvalue weighted by Crippen LogP contribution is 2.35. The Hall–Kier alpha value is -3.13. The number of benzene rings is 1. The second-order valence-corrected chi connectivity index (χ2v) is 8.56. The van der Waals surface area contributed by atoms with E-state index in [4.69, 9.17) is 10.1 Å². The van der Waals surface area contributed by atoms with Crippen molar-refractivity contribution in [2.24, 2.45) is 7.05 Å². The Kier molecular flexibility index (Phi) is 5.58. The van der Waals surface area contributed by atoms with Gasteiger partial charge in [0.25, 0.3) is 5.56 Å². The zero-order chi connectivity index (χ0) is 22.2. The smallest absolute Gasteiger partial charge is 0.252 e. The van der Waals surface area contributed by atoms with Crippen LogP contribution in [0.1, 0.15) is 37.3 Å². The second-order valence-electron chi connectivity index (χ2n) is 8.56. The fourth-order valence-corrected chi connectivity index (χ4v) is 4.52. The molecule has 0 unspecified atom stereocenters. The number of rotatable bonds is 4. The van der Waals surface area contributed by atoms with Crippen LogP contribution in [-0.2, 0) is 22.1 Å². The molecule has 0 spiro atoms. The van der Waals surface area contributed by atoms with Crippen LogP contribution in [0.15, 0.2) is 41.3 Å². The number of aromatic nitrogens is 1. The van der Waals surface area contributed by atoms with Crippen molar-refractivity contribution in [2.75, 3.05) is 18.5 Å². The summed E-state index contributed by atoms with van der Waals surface area (Å²) in [6.07, 6.45) is 3.49. The lowest BCUT2D eigenvalue weighted by Gasteiger charge is -2.45. The molecule has 164 valence electrons. The minimum absolute atomic E-state index is 0.0144. The Morgan fingerprint density at radius 1 is 1.23 bits per heavy atom. The molecule has 2 saturated heterocycles. The summed E-state index contributed by atoms with van der Waals surface area (Å²) < 4.78 is 6.92. The zero-order valence-electron chi connectivity index (χ0n) is 18.2. The van der Waals surface area contributed by atoms with Crippen molar-refractivity contribution in [2.45, 2.75) is 44.7 Å². The molecule has 0 aliphatic carbocycles. The molecule has 2 aliphatic heterocycles. The van der Waals surface area contributed by atoms with Gasteiger partial charge in [-0.1, -0.05) is 12.1 Å². The molecule has 31 heavy (non-hydrogen) atoms. The molecule has 0 bridgehead atoms. The average Bonchev–Trinajstić information content (AvgIpc) is 2.72. The van der Waals surface area contributed by atoms with E-state index in [1.807, 2.05) is 38.1 Å². The van der Waals surface area contributed by atoms with Gasteiger partial charge in [0.05, 0.1) is 12.0 Å². The van der Waals surface area contributed by atoms with Crippen molar-refractivity contribution in [1.29, 1.82) is 5.41 Å². The lowest BCUT2D eigenvalue weighted by Crippen LogP contribution is -2.62. The predicted molar refractivity (Wildman–Crippen MR) is 120 cm³/mol. The van der Waals surface area contributed by atoms with Gasteiger partial charge in [-0.2, -0.15) is 0 Å². The number of nitrogens with zero attached hydrogens (tertiary/aromatic N) is 2. The monoisotopic (exact) mass is 423 g/mol. The first-order chi connectivity index (χ1) is 14.8. The maximum Gasteiger partial charge on any atom is 0.252 e. The summed E-state index contributed by atoms with van der Waals surface area (Å²) >= 11 is 0. The van der Waals surface area contributed by atoms with E-state index >= 15 is 0 Å². The van der Waals surface area contributed by atoms with E-state index in [2.05, 4.69) is 10.6 Å². The summed E-state index contributed by atoms with van der Waals surface area (Å²) in [5.74, 6) is 0.109. The van der Waals surface area contributed by atoms with Gasteiger partial charge in [-0.25, -0.2) is 0 Å². The third kappa shape index (κ3) is 4.07. The molecule has 8 nitrogen and oxygen atoms in total. The number of amides is 1. The number of carbonyl (C=O) groups excluding carboxylic acids is 1. The lowest BCUT2D eigenvalue weighted by molar-refractivity contribution is -0.133. The third-order valence-corrected chi connectivity index (χ3v) is 6.28. The molecule has 2 aliphatic rings. The van der Waals surface area contributed by atoms with Crippen LogP contribution in [0, 0.1) is 12.3 Å².